The maximum Gasteiger partial charge on any atom is 0.355 e. The van der Waals surface area contributed by atoms with Crippen molar-refractivity contribution >= 4 is 32.7 Å². The van der Waals surface area contributed by atoms with E-state index in [0.29, 0.717) is 18.8 Å². The van der Waals surface area contributed by atoms with Crippen LogP contribution in [0, 0.1) is 0 Å². The van der Waals surface area contributed by atoms with Crippen LogP contribution in [-0.2, 0) is 19.5 Å². The second-order valence-corrected chi connectivity index (χ2v) is 8.86. The maximum atomic E-state index is 12.7. The molecular weight excluding hydrogens is 410 g/mol. The highest BCUT2D eigenvalue weighted by atomic mass is 32.2. The molecule has 1 aromatic carbocycles. The van der Waals surface area contributed by atoms with Crippen molar-refractivity contribution in [3.63, 3.8) is 0 Å². The van der Waals surface area contributed by atoms with E-state index in [-0.39, 0.29) is 29.5 Å². The van der Waals surface area contributed by atoms with E-state index in [4.69, 9.17) is 9.47 Å². The van der Waals surface area contributed by atoms with E-state index >= 15 is 0 Å². The topological polar surface area (TPSA) is 122 Å². The van der Waals surface area contributed by atoms with Crippen molar-refractivity contribution in [2.24, 2.45) is 0 Å². The Morgan fingerprint density at radius 1 is 1.13 bits per heavy atom. The zero-order valence-corrected chi connectivity index (χ0v) is 17.1. The van der Waals surface area contributed by atoms with Gasteiger partial charge in [-0.25, -0.2) is 13.2 Å². The first-order valence-electron chi connectivity index (χ1n) is 9.45. The number of carbonyl (C=O) groups is 2. The normalized spacial score (nSPS) is 16.4. The number of ether oxygens (including phenoxy) is 2. The van der Waals surface area contributed by atoms with Crippen LogP contribution in [0.5, 0.6) is 0 Å². The van der Waals surface area contributed by atoms with Crippen LogP contribution >= 0.6 is 0 Å². The number of benzene rings is 1. The van der Waals surface area contributed by atoms with Gasteiger partial charge in [0, 0.05) is 41.9 Å². The number of ketones is 1. The Morgan fingerprint density at radius 2 is 1.87 bits per heavy atom. The van der Waals surface area contributed by atoms with Gasteiger partial charge in [0.2, 0.25) is 15.8 Å². The van der Waals surface area contributed by atoms with Crippen molar-refractivity contribution in [3.05, 3.63) is 54.0 Å². The molecule has 0 amide bonds. The molecule has 0 aliphatic carbocycles. The summed E-state index contributed by atoms with van der Waals surface area (Å²) in [6.45, 7) is 2.64. The van der Waals surface area contributed by atoms with E-state index in [2.05, 4.69) is 9.97 Å². The fourth-order valence-electron chi connectivity index (χ4n) is 3.35. The Kier molecular flexibility index (Phi) is 5.46. The predicted molar refractivity (Wildman–Crippen MR) is 108 cm³/mol. The monoisotopic (exact) mass is 431 g/mol. The minimum Gasteiger partial charge on any atom is -0.450 e. The summed E-state index contributed by atoms with van der Waals surface area (Å²) >= 11 is 0. The molecule has 3 heterocycles. The van der Waals surface area contributed by atoms with Gasteiger partial charge in [0.15, 0.2) is 6.10 Å². The highest BCUT2D eigenvalue weighted by Crippen LogP contribution is 2.21. The number of aromatic amines is 2. The van der Waals surface area contributed by atoms with E-state index in [9.17, 15) is 18.0 Å². The van der Waals surface area contributed by atoms with E-state index in [1.54, 1.807) is 12.3 Å². The lowest BCUT2D eigenvalue weighted by atomic mass is 10.1. The zero-order chi connectivity index (χ0) is 21.3. The van der Waals surface area contributed by atoms with Gasteiger partial charge in [0.1, 0.15) is 10.6 Å². The molecule has 0 radical (unpaired) electrons. The number of H-pyrrole nitrogens is 2. The van der Waals surface area contributed by atoms with Crippen molar-refractivity contribution in [2.45, 2.75) is 17.9 Å². The number of sulfonamides is 1. The number of rotatable bonds is 6. The SMILES string of the molecule is CC(OC(=O)c1cc(S(=O)(=O)N2CCOCC2)c[nH]1)C(=O)c1c[nH]c2ccccc12. The third-order valence-electron chi connectivity index (χ3n) is 4.99. The number of hydrogen-bond donors (Lipinski definition) is 2. The van der Waals surface area contributed by atoms with Gasteiger partial charge in [-0.1, -0.05) is 18.2 Å². The summed E-state index contributed by atoms with van der Waals surface area (Å²) in [5.74, 6) is -1.16. The highest BCUT2D eigenvalue weighted by molar-refractivity contribution is 7.89. The van der Waals surface area contributed by atoms with Crippen molar-refractivity contribution in [1.29, 1.82) is 0 Å². The molecule has 1 aliphatic rings. The predicted octanol–water partition coefficient (Wildman–Crippen LogP) is 1.95. The first kappa shape index (κ1) is 20.3. The van der Waals surface area contributed by atoms with Crippen LogP contribution in [-0.4, -0.2) is 66.9 Å². The van der Waals surface area contributed by atoms with Gasteiger partial charge < -0.3 is 19.4 Å². The summed E-state index contributed by atoms with van der Waals surface area (Å²) in [4.78, 5) is 30.8. The summed E-state index contributed by atoms with van der Waals surface area (Å²) < 4.78 is 37.1. The van der Waals surface area contributed by atoms with Gasteiger partial charge in [0.25, 0.3) is 0 Å². The van der Waals surface area contributed by atoms with E-state index in [0.717, 1.165) is 10.9 Å². The summed E-state index contributed by atoms with van der Waals surface area (Å²) in [7, 11) is -3.74. The van der Waals surface area contributed by atoms with Crippen LogP contribution in [0.2, 0.25) is 0 Å². The van der Waals surface area contributed by atoms with Crippen molar-refractivity contribution in [2.75, 3.05) is 26.3 Å². The largest absolute Gasteiger partial charge is 0.450 e. The van der Waals surface area contributed by atoms with Crippen LogP contribution in [0.15, 0.2) is 47.6 Å². The fraction of sp³-hybridized carbons (Fsp3) is 0.300. The molecule has 1 unspecified atom stereocenters. The average molecular weight is 431 g/mol. The third kappa shape index (κ3) is 3.76. The van der Waals surface area contributed by atoms with Crippen LogP contribution in [0.1, 0.15) is 27.8 Å². The number of carbonyl (C=O) groups excluding carboxylic acids is 2. The fourth-order valence-corrected chi connectivity index (χ4v) is 4.75. The number of nitrogens with one attached hydrogen (secondary N) is 2. The molecule has 2 N–H and O–H groups in total. The number of fused-ring (bicyclic) bond motifs is 1. The quantitative estimate of drug-likeness (QED) is 0.454. The minimum absolute atomic E-state index is 0.0352. The van der Waals surface area contributed by atoms with Gasteiger partial charge in [-0.3, -0.25) is 4.79 Å². The van der Waals surface area contributed by atoms with E-state index in [1.807, 2.05) is 18.2 Å². The first-order valence-corrected chi connectivity index (χ1v) is 10.9. The van der Waals surface area contributed by atoms with Crippen LogP contribution < -0.4 is 0 Å². The summed E-state index contributed by atoms with van der Waals surface area (Å²) in [6.07, 6.45) is 1.78. The van der Waals surface area contributed by atoms with Gasteiger partial charge in [-0.2, -0.15) is 4.31 Å². The van der Waals surface area contributed by atoms with Crippen molar-refractivity contribution in [3.8, 4) is 0 Å². The second-order valence-electron chi connectivity index (χ2n) is 6.93. The standard InChI is InChI=1S/C20H21N3O6S/c1-13(19(24)16-12-22-17-5-3-2-4-15(16)17)29-20(25)18-10-14(11-21-18)30(26,27)23-6-8-28-9-7-23/h2-5,10-13,21-22H,6-9H2,1H3. The molecule has 1 aliphatic heterocycles. The molecule has 10 heteroatoms. The average Bonchev–Trinajstić information content (AvgIpc) is 3.42. The summed E-state index contributed by atoms with van der Waals surface area (Å²) in [5.41, 5.74) is 1.19. The molecule has 2 aromatic heterocycles. The Hall–Kier alpha value is -2.95. The van der Waals surface area contributed by atoms with Crippen molar-refractivity contribution < 1.29 is 27.5 Å². The smallest absolute Gasteiger partial charge is 0.355 e. The first-order chi connectivity index (χ1) is 14.4. The van der Waals surface area contributed by atoms with Gasteiger partial charge >= 0.3 is 5.97 Å². The number of morpholine rings is 1. The van der Waals surface area contributed by atoms with E-state index in [1.165, 1.54) is 23.5 Å². The highest BCUT2D eigenvalue weighted by Gasteiger charge is 2.29. The number of para-hydroxylation sites is 1. The molecule has 30 heavy (non-hydrogen) atoms. The summed E-state index contributed by atoms with van der Waals surface area (Å²) in [5, 5.41) is 0.740. The van der Waals surface area contributed by atoms with Crippen LogP contribution in [0.25, 0.3) is 10.9 Å². The van der Waals surface area contributed by atoms with Crippen LogP contribution in [0.4, 0.5) is 0 Å². The van der Waals surface area contributed by atoms with Gasteiger partial charge in [-0.15, -0.1) is 0 Å². The molecule has 158 valence electrons. The molecule has 0 bridgehead atoms. The Bertz CT molecular complexity index is 1190. The number of aromatic nitrogens is 2. The van der Waals surface area contributed by atoms with E-state index < -0.39 is 22.1 Å². The molecule has 0 saturated carbocycles. The Morgan fingerprint density at radius 3 is 2.63 bits per heavy atom. The molecule has 9 nitrogen and oxygen atoms in total. The third-order valence-corrected chi connectivity index (χ3v) is 6.87. The second kappa shape index (κ2) is 8.05. The lowest BCUT2D eigenvalue weighted by molar-refractivity contribution is 0.0314. The molecule has 1 atom stereocenters. The number of hydrogen-bond acceptors (Lipinski definition) is 6. The zero-order valence-electron chi connectivity index (χ0n) is 16.3. The Labute approximate surface area is 173 Å². The Balaban J connectivity index is 1.47. The van der Waals surface area contributed by atoms with Gasteiger partial charge in [-0.05, 0) is 19.1 Å². The molecule has 1 saturated heterocycles. The lowest BCUT2D eigenvalue weighted by Crippen LogP contribution is -2.40. The summed E-state index contributed by atoms with van der Waals surface area (Å²) in [6, 6.07) is 8.54. The minimum atomic E-state index is -3.74. The number of Topliss-reactive ketones (excluding diaryl/α,β-unsaturated/α-hetero) is 1. The molecule has 1 fully saturated rings. The molecule has 3 aromatic rings. The number of esters is 1. The number of nitrogens with zero attached hydrogens (tertiary/aromatic N) is 1. The lowest BCUT2D eigenvalue weighted by Gasteiger charge is -2.25. The maximum absolute atomic E-state index is 12.7. The van der Waals surface area contributed by atoms with Crippen LogP contribution in [0.3, 0.4) is 0 Å². The van der Waals surface area contributed by atoms with Gasteiger partial charge in [0.05, 0.1) is 13.2 Å². The molecular formula is C20H21N3O6S. The van der Waals surface area contributed by atoms with Crippen molar-refractivity contribution in [1.82, 2.24) is 14.3 Å². The molecule has 0 spiro atoms. The molecule has 4 rings (SSSR count).